The van der Waals surface area contributed by atoms with E-state index in [-0.39, 0.29) is 11.4 Å². The van der Waals surface area contributed by atoms with Gasteiger partial charge in [-0.2, -0.15) is 23.7 Å². The average molecular weight is 299 g/mol. The van der Waals surface area contributed by atoms with E-state index in [1.807, 2.05) is 0 Å². The third-order valence-electron chi connectivity index (χ3n) is 2.65. The van der Waals surface area contributed by atoms with Gasteiger partial charge in [0.1, 0.15) is 25.2 Å². The number of alkyl halides is 3. The van der Waals surface area contributed by atoms with E-state index in [0.717, 1.165) is 10.9 Å². The lowest BCUT2D eigenvalue weighted by Crippen LogP contribution is -2.44. The molecule has 0 aliphatic rings. The van der Waals surface area contributed by atoms with E-state index in [9.17, 15) is 18.0 Å². The van der Waals surface area contributed by atoms with Crippen molar-refractivity contribution in [1.82, 2.24) is 14.5 Å². The number of nitriles is 2. The number of nitrogens with zero attached hydrogens (tertiary/aromatic N) is 5. The first-order valence-electron chi connectivity index (χ1n) is 5.91. The van der Waals surface area contributed by atoms with Crippen molar-refractivity contribution in [3.05, 3.63) is 17.7 Å². The summed E-state index contributed by atoms with van der Waals surface area (Å²) in [7, 11) is 0. The van der Waals surface area contributed by atoms with Gasteiger partial charge in [0.2, 0.25) is 5.91 Å². The summed E-state index contributed by atoms with van der Waals surface area (Å²) >= 11 is 0. The van der Waals surface area contributed by atoms with Crippen LogP contribution in [0.4, 0.5) is 13.2 Å². The normalized spacial score (nSPS) is 11.0. The third kappa shape index (κ3) is 4.21. The van der Waals surface area contributed by atoms with E-state index < -0.39 is 31.2 Å². The molecule has 9 heteroatoms. The summed E-state index contributed by atoms with van der Waals surface area (Å²) in [5, 5.41) is 17.6. The summed E-state index contributed by atoms with van der Waals surface area (Å²) in [5.41, 5.74) is -0.321. The number of hydrogen-bond donors (Lipinski definition) is 0. The molecule has 1 aromatic rings. The highest BCUT2D eigenvalue weighted by Crippen LogP contribution is 2.18. The molecule has 0 aliphatic heterocycles. The first kappa shape index (κ1) is 16.5. The second-order valence-corrected chi connectivity index (χ2v) is 4.52. The lowest BCUT2D eigenvalue weighted by atomic mass is 10.3. The summed E-state index contributed by atoms with van der Waals surface area (Å²) in [6.45, 7) is 1.07. The molecule has 0 fully saturated rings. The minimum absolute atomic E-state index is 0.151. The predicted molar refractivity (Wildman–Crippen MR) is 64.6 cm³/mol. The van der Waals surface area contributed by atoms with Crippen LogP contribution >= 0.6 is 0 Å². The molecule has 0 saturated heterocycles. The van der Waals surface area contributed by atoms with Crippen molar-refractivity contribution >= 4 is 5.91 Å². The van der Waals surface area contributed by atoms with Crippen LogP contribution in [0.5, 0.6) is 0 Å². The first-order valence-corrected chi connectivity index (χ1v) is 5.91. The molecule has 1 amide bonds. The number of hydrogen-bond acceptors (Lipinski definition) is 4. The quantitative estimate of drug-likeness (QED) is 0.841. The van der Waals surface area contributed by atoms with Crippen LogP contribution < -0.4 is 0 Å². The molecule has 0 radical (unpaired) electrons. The molecular weight excluding hydrogens is 287 g/mol. The number of rotatable bonds is 4. The fourth-order valence-electron chi connectivity index (χ4n) is 1.69. The standard InChI is InChI=1S/C12H12F3N5O/c1-8(2)20(6-12(13,14)15)11(21)5-19-7-18-9(3-16)10(19)4-17/h7-8H,5-6H2,1-2H3. The van der Waals surface area contributed by atoms with Crippen molar-refractivity contribution in [3.63, 3.8) is 0 Å². The van der Waals surface area contributed by atoms with Gasteiger partial charge < -0.3 is 9.47 Å². The van der Waals surface area contributed by atoms with Crippen LogP contribution in [0.1, 0.15) is 25.2 Å². The number of carbonyl (C=O) groups is 1. The van der Waals surface area contributed by atoms with Gasteiger partial charge in [0.05, 0.1) is 6.33 Å². The van der Waals surface area contributed by atoms with E-state index in [1.165, 1.54) is 13.8 Å². The van der Waals surface area contributed by atoms with Gasteiger partial charge in [-0.3, -0.25) is 4.79 Å². The number of aromatic nitrogens is 2. The number of carbonyl (C=O) groups excluding carboxylic acids is 1. The molecule has 112 valence electrons. The highest BCUT2D eigenvalue weighted by Gasteiger charge is 2.34. The monoisotopic (exact) mass is 299 g/mol. The largest absolute Gasteiger partial charge is 0.406 e. The molecule has 0 N–H and O–H groups in total. The van der Waals surface area contributed by atoms with E-state index in [1.54, 1.807) is 12.1 Å². The summed E-state index contributed by atoms with van der Waals surface area (Å²) in [5.74, 6) is -0.805. The second kappa shape index (κ2) is 6.27. The van der Waals surface area contributed by atoms with Gasteiger partial charge in [-0.15, -0.1) is 0 Å². The predicted octanol–water partition coefficient (Wildman–Crippen LogP) is 1.43. The maximum atomic E-state index is 12.5. The van der Waals surface area contributed by atoms with Gasteiger partial charge in [-0.1, -0.05) is 0 Å². The Labute approximate surface area is 119 Å². The van der Waals surface area contributed by atoms with Crippen molar-refractivity contribution < 1.29 is 18.0 Å². The molecule has 0 aliphatic carbocycles. The smallest absolute Gasteiger partial charge is 0.330 e. The van der Waals surface area contributed by atoms with Crippen LogP contribution in [0.2, 0.25) is 0 Å². The Balaban J connectivity index is 2.96. The fraction of sp³-hybridized carbons (Fsp3) is 0.500. The topological polar surface area (TPSA) is 85.7 Å². The van der Waals surface area contributed by atoms with Crippen LogP contribution in [0.25, 0.3) is 0 Å². The summed E-state index contributed by atoms with van der Waals surface area (Å²) in [6.07, 6.45) is -3.42. The molecule has 6 nitrogen and oxygen atoms in total. The van der Waals surface area contributed by atoms with Gasteiger partial charge >= 0.3 is 6.18 Å². The lowest BCUT2D eigenvalue weighted by molar-refractivity contribution is -0.165. The zero-order chi connectivity index (χ0) is 16.2. The highest BCUT2D eigenvalue weighted by molar-refractivity contribution is 5.76. The Morgan fingerprint density at radius 2 is 2.05 bits per heavy atom. The molecule has 0 unspecified atom stereocenters. The van der Waals surface area contributed by atoms with Gasteiger partial charge in [0.15, 0.2) is 11.4 Å². The molecule has 1 heterocycles. The molecule has 0 bridgehead atoms. The van der Waals surface area contributed by atoms with Crippen molar-refractivity contribution in [2.75, 3.05) is 6.54 Å². The summed E-state index contributed by atoms with van der Waals surface area (Å²) in [4.78, 5) is 16.3. The molecule has 0 spiro atoms. The van der Waals surface area contributed by atoms with Crippen molar-refractivity contribution in [3.8, 4) is 12.1 Å². The zero-order valence-electron chi connectivity index (χ0n) is 11.3. The van der Waals surface area contributed by atoms with Crippen LogP contribution in [0.15, 0.2) is 6.33 Å². The van der Waals surface area contributed by atoms with Crippen LogP contribution in [0.3, 0.4) is 0 Å². The maximum absolute atomic E-state index is 12.5. The van der Waals surface area contributed by atoms with Gasteiger partial charge in [-0.25, -0.2) is 4.98 Å². The van der Waals surface area contributed by atoms with E-state index >= 15 is 0 Å². The summed E-state index contributed by atoms with van der Waals surface area (Å²) in [6, 6.07) is 2.72. The molecule has 21 heavy (non-hydrogen) atoms. The van der Waals surface area contributed by atoms with E-state index in [4.69, 9.17) is 10.5 Å². The number of imidazole rings is 1. The number of halogens is 3. The van der Waals surface area contributed by atoms with E-state index in [2.05, 4.69) is 4.98 Å². The SMILES string of the molecule is CC(C)N(CC(F)(F)F)C(=O)Cn1cnc(C#N)c1C#N. The van der Waals surface area contributed by atoms with Crippen LogP contribution in [-0.4, -0.2) is 39.1 Å². The highest BCUT2D eigenvalue weighted by atomic mass is 19.4. The molecular formula is C12H12F3N5O. The van der Waals surface area contributed by atoms with Crippen molar-refractivity contribution in [2.24, 2.45) is 0 Å². The Kier molecular flexibility index (Phi) is 4.93. The van der Waals surface area contributed by atoms with Gasteiger partial charge in [0, 0.05) is 6.04 Å². The molecule has 0 saturated carbocycles. The maximum Gasteiger partial charge on any atom is 0.406 e. The first-order chi connectivity index (χ1) is 9.69. The number of amides is 1. The molecule has 0 atom stereocenters. The van der Waals surface area contributed by atoms with Crippen molar-refractivity contribution in [1.29, 1.82) is 10.5 Å². The Bertz CT molecular complexity index is 606. The molecule has 1 rings (SSSR count). The van der Waals surface area contributed by atoms with E-state index in [0.29, 0.717) is 4.90 Å². The van der Waals surface area contributed by atoms with Gasteiger partial charge in [0.25, 0.3) is 0 Å². The Hall–Kier alpha value is -2.55. The second-order valence-electron chi connectivity index (χ2n) is 4.52. The fourth-order valence-corrected chi connectivity index (χ4v) is 1.69. The zero-order valence-corrected chi connectivity index (χ0v) is 11.3. The Morgan fingerprint density at radius 1 is 1.43 bits per heavy atom. The van der Waals surface area contributed by atoms with Gasteiger partial charge in [-0.05, 0) is 13.8 Å². The average Bonchev–Trinajstić information content (AvgIpc) is 2.76. The van der Waals surface area contributed by atoms with Crippen molar-refractivity contribution in [2.45, 2.75) is 32.6 Å². The minimum atomic E-state index is -4.51. The van der Waals surface area contributed by atoms with Crippen LogP contribution in [-0.2, 0) is 11.3 Å². The molecule has 1 aromatic heterocycles. The Morgan fingerprint density at radius 3 is 2.48 bits per heavy atom. The summed E-state index contributed by atoms with van der Waals surface area (Å²) < 4.78 is 38.4. The molecule has 0 aromatic carbocycles. The van der Waals surface area contributed by atoms with Crippen LogP contribution in [0, 0.1) is 22.7 Å². The lowest BCUT2D eigenvalue weighted by Gasteiger charge is -2.27. The minimum Gasteiger partial charge on any atom is -0.330 e. The third-order valence-corrected chi connectivity index (χ3v) is 2.65.